The number of aliphatic hydroxyl groups excluding tert-OH is 1. The Hall–Kier alpha value is -0.510. The van der Waals surface area contributed by atoms with Crippen molar-refractivity contribution < 1.29 is 9.90 Å². The summed E-state index contributed by atoms with van der Waals surface area (Å²) in [6.07, 6.45) is 0.761. The largest absolute Gasteiger partial charge is 0.396 e. The molecule has 0 bridgehead atoms. The van der Waals surface area contributed by atoms with Crippen LogP contribution in [0.5, 0.6) is 0 Å². The van der Waals surface area contributed by atoms with E-state index in [1.54, 1.807) is 23.9 Å². The van der Waals surface area contributed by atoms with E-state index in [2.05, 4.69) is 0 Å². The van der Waals surface area contributed by atoms with Gasteiger partial charge in [-0.1, -0.05) is 11.6 Å². The van der Waals surface area contributed by atoms with Crippen LogP contribution in [0, 0.1) is 0 Å². The zero-order valence-electron chi connectivity index (χ0n) is 8.50. The minimum Gasteiger partial charge on any atom is -0.396 e. The Kier molecular flexibility index (Phi) is 5.15. The molecule has 4 heteroatoms. The third kappa shape index (κ3) is 3.86. The Morgan fingerprint density at radius 2 is 2.27 bits per heavy atom. The Bertz CT molecular complexity index is 352. The minimum atomic E-state index is -0.0214. The number of aliphatic hydroxyl groups is 1. The number of rotatable bonds is 5. The van der Waals surface area contributed by atoms with E-state index in [0.717, 1.165) is 17.1 Å². The monoisotopic (exact) mass is 244 g/mol. The Labute approximate surface area is 98.6 Å². The van der Waals surface area contributed by atoms with Crippen molar-refractivity contribution in [1.29, 1.82) is 0 Å². The quantitative estimate of drug-likeness (QED) is 0.492. The van der Waals surface area contributed by atoms with Crippen LogP contribution in [0.15, 0.2) is 23.1 Å². The summed E-state index contributed by atoms with van der Waals surface area (Å²) in [4.78, 5) is 12.1. The van der Waals surface area contributed by atoms with Crippen LogP contribution in [-0.4, -0.2) is 23.2 Å². The van der Waals surface area contributed by atoms with Gasteiger partial charge in [-0.05, 0) is 31.5 Å². The molecule has 82 valence electrons. The van der Waals surface area contributed by atoms with Gasteiger partial charge < -0.3 is 5.11 Å². The number of carbonyl (C=O) groups excluding carboxylic acids is 1. The van der Waals surface area contributed by atoms with E-state index >= 15 is 0 Å². The minimum absolute atomic E-state index is 0.0214. The Morgan fingerprint density at radius 1 is 1.53 bits per heavy atom. The summed E-state index contributed by atoms with van der Waals surface area (Å²) in [5.41, 5.74) is 0.558. The van der Waals surface area contributed by atoms with Gasteiger partial charge in [-0.25, -0.2) is 0 Å². The number of benzene rings is 1. The molecule has 0 fully saturated rings. The van der Waals surface area contributed by atoms with E-state index in [0.29, 0.717) is 10.6 Å². The third-order valence-electron chi connectivity index (χ3n) is 1.89. The van der Waals surface area contributed by atoms with E-state index in [9.17, 15) is 4.79 Å². The molecule has 0 aliphatic heterocycles. The van der Waals surface area contributed by atoms with Crippen molar-refractivity contribution >= 4 is 29.1 Å². The van der Waals surface area contributed by atoms with Crippen molar-refractivity contribution in [3.05, 3.63) is 28.8 Å². The maximum atomic E-state index is 11.1. The first-order chi connectivity index (χ1) is 7.15. The lowest BCUT2D eigenvalue weighted by molar-refractivity contribution is 0.101. The van der Waals surface area contributed by atoms with Crippen molar-refractivity contribution in [3.8, 4) is 0 Å². The second-order valence-corrected chi connectivity index (χ2v) is 4.70. The molecular weight excluding hydrogens is 232 g/mol. The first-order valence-electron chi connectivity index (χ1n) is 4.69. The molecule has 0 aromatic heterocycles. The lowest BCUT2D eigenvalue weighted by Gasteiger charge is -2.04. The molecule has 15 heavy (non-hydrogen) atoms. The standard InChI is InChI=1S/C11H13ClO2S/c1-8(14)10-4-3-9(7-11(10)12)15-6-2-5-13/h3-4,7,13H,2,5-6H2,1H3. The molecule has 0 spiro atoms. The van der Waals surface area contributed by atoms with Crippen molar-refractivity contribution in [1.82, 2.24) is 0 Å². The van der Waals surface area contributed by atoms with E-state index in [1.165, 1.54) is 6.92 Å². The zero-order valence-corrected chi connectivity index (χ0v) is 10.1. The highest BCUT2D eigenvalue weighted by atomic mass is 35.5. The molecule has 2 nitrogen and oxygen atoms in total. The second kappa shape index (κ2) is 6.16. The molecule has 1 aromatic rings. The maximum Gasteiger partial charge on any atom is 0.161 e. The Morgan fingerprint density at radius 3 is 2.80 bits per heavy atom. The number of hydrogen-bond donors (Lipinski definition) is 1. The zero-order chi connectivity index (χ0) is 11.3. The van der Waals surface area contributed by atoms with Gasteiger partial charge in [0.1, 0.15) is 0 Å². The SMILES string of the molecule is CC(=O)c1ccc(SCCCO)cc1Cl. The average Bonchev–Trinajstić information content (AvgIpc) is 2.17. The maximum absolute atomic E-state index is 11.1. The predicted molar refractivity (Wildman–Crippen MR) is 63.9 cm³/mol. The third-order valence-corrected chi connectivity index (χ3v) is 3.28. The first kappa shape index (κ1) is 12.6. The van der Waals surface area contributed by atoms with Gasteiger partial charge in [-0.3, -0.25) is 4.79 Å². The summed E-state index contributed by atoms with van der Waals surface area (Å²) in [7, 11) is 0. The fourth-order valence-electron chi connectivity index (χ4n) is 1.13. The van der Waals surface area contributed by atoms with Crippen molar-refractivity contribution in [2.45, 2.75) is 18.2 Å². The fourth-order valence-corrected chi connectivity index (χ4v) is 2.38. The van der Waals surface area contributed by atoms with Gasteiger partial charge in [0.2, 0.25) is 0 Å². The van der Waals surface area contributed by atoms with Gasteiger partial charge in [0.05, 0.1) is 5.02 Å². The number of halogens is 1. The molecule has 0 amide bonds. The highest BCUT2D eigenvalue weighted by molar-refractivity contribution is 7.99. The normalized spacial score (nSPS) is 10.3. The van der Waals surface area contributed by atoms with Gasteiger partial charge in [0, 0.05) is 22.8 Å². The van der Waals surface area contributed by atoms with Crippen LogP contribution in [-0.2, 0) is 0 Å². The highest BCUT2D eigenvalue weighted by Gasteiger charge is 2.06. The van der Waals surface area contributed by atoms with Crippen LogP contribution in [0.4, 0.5) is 0 Å². The lowest BCUT2D eigenvalue weighted by atomic mass is 10.1. The van der Waals surface area contributed by atoms with Crippen molar-refractivity contribution in [2.75, 3.05) is 12.4 Å². The Balaban J connectivity index is 2.69. The molecule has 0 aliphatic rings. The van der Waals surface area contributed by atoms with Crippen LogP contribution in [0.2, 0.25) is 5.02 Å². The predicted octanol–water partition coefficient (Wildman–Crippen LogP) is 3.02. The molecule has 0 saturated heterocycles. The first-order valence-corrected chi connectivity index (χ1v) is 6.05. The number of hydrogen-bond acceptors (Lipinski definition) is 3. The van der Waals surface area contributed by atoms with Crippen LogP contribution in [0.1, 0.15) is 23.7 Å². The number of ketones is 1. The molecule has 0 saturated carbocycles. The molecular formula is C11H13ClO2S. The van der Waals surface area contributed by atoms with E-state index in [-0.39, 0.29) is 12.4 Å². The summed E-state index contributed by atoms with van der Waals surface area (Å²) in [5.74, 6) is 0.832. The van der Waals surface area contributed by atoms with E-state index in [4.69, 9.17) is 16.7 Å². The highest BCUT2D eigenvalue weighted by Crippen LogP contribution is 2.25. The van der Waals surface area contributed by atoms with E-state index < -0.39 is 0 Å². The average molecular weight is 245 g/mol. The molecule has 1 rings (SSSR count). The topological polar surface area (TPSA) is 37.3 Å². The molecule has 0 atom stereocenters. The summed E-state index contributed by atoms with van der Waals surface area (Å²) in [6.45, 7) is 1.70. The fraction of sp³-hybridized carbons (Fsp3) is 0.364. The second-order valence-electron chi connectivity index (χ2n) is 3.12. The smallest absolute Gasteiger partial charge is 0.161 e. The molecule has 0 unspecified atom stereocenters. The molecule has 1 N–H and O–H groups in total. The van der Waals surface area contributed by atoms with E-state index in [1.807, 2.05) is 6.07 Å². The van der Waals surface area contributed by atoms with Crippen LogP contribution in [0.3, 0.4) is 0 Å². The van der Waals surface area contributed by atoms with Gasteiger partial charge in [-0.2, -0.15) is 0 Å². The molecule has 0 aliphatic carbocycles. The molecule has 0 heterocycles. The summed E-state index contributed by atoms with van der Waals surface area (Å²) in [6, 6.07) is 5.41. The van der Waals surface area contributed by atoms with Crippen molar-refractivity contribution in [2.24, 2.45) is 0 Å². The van der Waals surface area contributed by atoms with Gasteiger partial charge in [0.25, 0.3) is 0 Å². The summed E-state index contributed by atoms with van der Waals surface area (Å²) in [5, 5.41) is 9.13. The molecule has 0 radical (unpaired) electrons. The van der Waals surface area contributed by atoms with Crippen LogP contribution < -0.4 is 0 Å². The number of Topliss-reactive ketones (excluding diaryl/α,β-unsaturated/α-hetero) is 1. The van der Waals surface area contributed by atoms with Crippen LogP contribution in [0.25, 0.3) is 0 Å². The lowest BCUT2D eigenvalue weighted by Crippen LogP contribution is -1.93. The molecule has 1 aromatic carbocycles. The van der Waals surface area contributed by atoms with Crippen LogP contribution >= 0.6 is 23.4 Å². The summed E-state index contributed by atoms with van der Waals surface area (Å²) < 4.78 is 0. The van der Waals surface area contributed by atoms with Crippen molar-refractivity contribution in [3.63, 3.8) is 0 Å². The number of thioether (sulfide) groups is 1. The van der Waals surface area contributed by atoms with Gasteiger partial charge in [0.15, 0.2) is 5.78 Å². The summed E-state index contributed by atoms with van der Waals surface area (Å²) >= 11 is 7.58. The van der Waals surface area contributed by atoms with Gasteiger partial charge >= 0.3 is 0 Å². The van der Waals surface area contributed by atoms with Gasteiger partial charge in [-0.15, -0.1) is 11.8 Å². The number of carbonyl (C=O) groups is 1.